The normalized spacial score (nSPS) is 16.2. The molecule has 1 aliphatic rings. The number of thioether (sulfide) groups is 1. The first kappa shape index (κ1) is 26.6. The molecule has 0 aromatic rings. The number of nitrogens with zero attached hydrogens (tertiary/aromatic N) is 2. The molecule has 0 saturated carbocycles. The van der Waals surface area contributed by atoms with Crippen LogP contribution in [0.3, 0.4) is 0 Å². The van der Waals surface area contributed by atoms with Gasteiger partial charge in [0.2, 0.25) is 0 Å². The molecule has 1 fully saturated rings. The first-order valence-corrected chi connectivity index (χ1v) is 13.7. The number of hydrogen-bond acceptors (Lipinski definition) is 6. The van der Waals surface area contributed by atoms with Crippen LogP contribution in [0.5, 0.6) is 0 Å². The Morgan fingerprint density at radius 2 is 1.73 bits per heavy atom. The van der Waals surface area contributed by atoms with E-state index in [9.17, 15) is 18.5 Å². The van der Waals surface area contributed by atoms with E-state index in [0.717, 1.165) is 36.6 Å². The lowest BCUT2D eigenvalue weighted by Crippen LogP contribution is -2.21. The lowest BCUT2D eigenvalue weighted by molar-refractivity contribution is -0.137. The van der Waals surface area contributed by atoms with Crippen LogP contribution in [0.25, 0.3) is 0 Å². The van der Waals surface area contributed by atoms with Crippen molar-refractivity contribution in [1.29, 1.82) is 5.26 Å². The quantitative estimate of drug-likeness (QED) is 0.255. The van der Waals surface area contributed by atoms with Crippen LogP contribution in [0, 0.1) is 11.3 Å². The second-order valence-corrected chi connectivity index (χ2v) is 10.8. The third-order valence-corrected chi connectivity index (χ3v) is 7.91. The zero-order chi connectivity index (χ0) is 22.2. The van der Waals surface area contributed by atoms with Gasteiger partial charge in [-0.3, -0.25) is 4.79 Å². The van der Waals surface area contributed by atoms with E-state index in [1.165, 1.54) is 44.6 Å². The Morgan fingerprint density at radius 1 is 1.13 bits per heavy atom. The van der Waals surface area contributed by atoms with Crippen molar-refractivity contribution in [2.24, 2.45) is 0 Å². The van der Waals surface area contributed by atoms with E-state index in [4.69, 9.17) is 5.11 Å². The minimum Gasteiger partial charge on any atom is -0.481 e. The fourth-order valence-corrected chi connectivity index (χ4v) is 5.58. The van der Waals surface area contributed by atoms with Crippen molar-refractivity contribution in [3.8, 4) is 6.07 Å². The molecule has 0 radical (unpaired) electrons. The maximum absolute atomic E-state index is 12.5. The average molecular weight is 457 g/mol. The minimum absolute atomic E-state index is 0.00192. The summed E-state index contributed by atoms with van der Waals surface area (Å²) in [7, 11) is -3.58. The van der Waals surface area contributed by atoms with Crippen molar-refractivity contribution in [2.45, 2.75) is 77.6 Å². The van der Waals surface area contributed by atoms with Gasteiger partial charge in [-0.1, -0.05) is 64.7 Å². The molecule has 0 bridgehead atoms. The first-order valence-electron chi connectivity index (χ1n) is 11.0. The number of carbonyl (C=O) groups is 1. The van der Waals surface area contributed by atoms with E-state index in [0.29, 0.717) is 13.0 Å². The largest absolute Gasteiger partial charge is 0.481 e. The fourth-order valence-electron chi connectivity index (χ4n) is 3.31. The monoisotopic (exact) mass is 456 g/mol. The zero-order valence-corrected chi connectivity index (χ0v) is 19.8. The van der Waals surface area contributed by atoms with E-state index in [1.54, 1.807) is 17.8 Å². The smallest absolute Gasteiger partial charge is 0.305 e. The summed E-state index contributed by atoms with van der Waals surface area (Å²) in [6.45, 7) is 3.32. The van der Waals surface area contributed by atoms with Gasteiger partial charge >= 0.3 is 5.97 Å². The Hall–Kier alpha value is -1.46. The standard InChI is InChI=1S/C22H36N2O4S2/c1-2-3-4-5-6-7-8-9-10-11-18-30(27,28)20(19-23)12-13-21-24(16-17-29-21)15-14-22(25)26/h12-13H,2-11,14-18H2,1H3,(H,25,26). The molecule has 8 heteroatoms. The van der Waals surface area contributed by atoms with Crippen molar-refractivity contribution in [3.63, 3.8) is 0 Å². The van der Waals surface area contributed by atoms with Gasteiger partial charge in [-0.05, 0) is 18.6 Å². The van der Waals surface area contributed by atoms with Gasteiger partial charge in [0, 0.05) is 18.8 Å². The topological polar surface area (TPSA) is 98.5 Å². The van der Waals surface area contributed by atoms with Gasteiger partial charge in [0.25, 0.3) is 0 Å². The highest BCUT2D eigenvalue weighted by atomic mass is 32.2. The van der Waals surface area contributed by atoms with Crippen molar-refractivity contribution in [3.05, 3.63) is 22.1 Å². The van der Waals surface area contributed by atoms with E-state index >= 15 is 0 Å². The highest BCUT2D eigenvalue weighted by molar-refractivity contribution is 8.03. The van der Waals surface area contributed by atoms with Gasteiger partial charge in [0.05, 0.1) is 17.2 Å². The van der Waals surface area contributed by atoms with Gasteiger partial charge < -0.3 is 10.0 Å². The third-order valence-electron chi connectivity index (χ3n) is 5.11. The maximum atomic E-state index is 12.5. The molecule has 170 valence electrons. The number of carboxylic acid groups (broad SMARTS) is 1. The predicted molar refractivity (Wildman–Crippen MR) is 124 cm³/mol. The Morgan fingerprint density at radius 3 is 2.30 bits per heavy atom. The lowest BCUT2D eigenvalue weighted by atomic mass is 10.1. The third kappa shape index (κ3) is 11.1. The zero-order valence-electron chi connectivity index (χ0n) is 18.1. The highest BCUT2D eigenvalue weighted by Gasteiger charge is 2.20. The summed E-state index contributed by atoms with van der Waals surface area (Å²) in [6.07, 6.45) is 14.3. The number of hydrogen-bond donors (Lipinski definition) is 1. The van der Waals surface area contributed by atoms with E-state index in [1.807, 2.05) is 11.0 Å². The van der Waals surface area contributed by atoms with Gasteiger partial charge in [-0.15, -0.1) is 11.8 Å². The van der Waals surface area contributed by atoms with Gasteiger partial charge in [0.15, 0.2) is 9.84 Å². The van der Waals surface area contributed by atoms with Crippen molar-refractivity contribution >= 4 is 27.6 Å². The second kappa shape index (κ2) is 15.4. The van der Waals surface area contributed by atoms with Crippen molar-refractivity contribution in [2.75, 3.05) is 24.6 Å². The highest BCUT2D eigenvalue weighted by Crippen LogP contribution is 2.28. The molecule has 1 aliphatic heterocycles. The molecular weight excluding hydrogens is 420 g/mol. The molecule has 1 rings (SSSR count). The first-order chi connectivity index (χ1) is 14.4. The maximum Gasteiger partial charge on any atom is 0.305 e. The second-order valence-electron chi connectivity index (χ2n) is 7.63. The molecule has 0 aliphatic carbocycles. The van der Waals surface area contributed by atoms with Gasteiger partial charge in [-0.25, -0.2) is 8.42 Å². The lowest BCUT2D eigenvalue weighted by Gasteiger charge is -2.17. The SMILES string of the molecule is CCCCCCCCCCCCS(=O)(=O)C(C#N)=CC=C1SCCN1CCC(=O)O. The molecule has 6 nitrogen and oxygen atoms in total. The van der Waals surface area contributed by atoms with Gasteiger partial charge in [0.1, 0.15) is 11.0 Å². The molecule has 1 N–H and O–H groups in total. The molecule has 30 heavy (non-hydrogen) atoms. The number of rotatable bonds is 16. The van der Waals surface area contributed by atoms with Gasteiger partial charge in [-0.2, -0.15) is 5.26 Å². The molecule has 0 amide bonds. The number of sulfone groups is 1. The summed E-state index contributed by atoms with van der Waals surface area (Å²) >= 11 is 1.55. The molecule has 1 heterocycles. The van der Waals surface area contributed by atoms with Crippen molar-refractivity contribution < 1.29 is 18.3 Å². The molecule has 0 spiro atoms. The van der Waals surface area contributed by atoms with E-state index in [-0.39, 0.29) is 17.1 Å². The van der Waals surface area contributed by atoms with Crippen LogP contribution >= 0.6 is 11.8 Å². The fraction of sp³-hybridized carbons (Fsp3) is 0.727. The predicted octanol–water partition coefficient (Wildman–Crippen LogP) is 5.09. The van der Waals surface area contributed by atoms with E-state index in [2.05, 4.69) is 6.92 Å². The Bertz CT molecular complexity index is 724. The van der Waals surface area contributed by atoms with Crippen LogP contribution in [0.15, 0.2) is 22.1 Å². The number of unbranched alkanes of at least 4 members (excludes halogenated alkanes) is 9. The molecule has 0 atom stereocenters. The van der Waals surface area contributed by atoms with Crippen LogP contribution in [0.1, 0.15) is 77.6 Å². The summed E-state index contributed by atoms with van der Waals surface area (Å²) in [5.41, 5.74) is 0. The van der Waals surface area contributed by atoms with Crippen LogP contribution in [-0.2, 0) is 14.6 Å². The van der Waals surface area contributed by atoms with Crippen LogP contribution in [-0.4, -0.2) is 49.0 Å². The van der Waals surface area contributed by atoms with Crippen LogP contribution in [0.2, 0.25) is 0 Å². The number of nitriles is 1. The summed E-state index contributed by atoms with van der Waals surface area (Å²) in [5.74, 6) is -0.0346. The molecule has 0 unspecified atom stereocenters. The van der Waals surface area contributed by atoms with E-state index < -0.39 is 15.8 Å². The Kier molecular flexibility index (Phi) is 13.6. The molecular formula is C22H36N2O4S2. The van der Waals surface area contributed by atoms with Crippen molar-refractivity contribution in [1.82, 2.24) is 4.90 Å². The number of carboxylic acids is 1. The number of aliphatic carboxylic acids is 1. The number of allylic oxidation sites excluding steroid dienone is 3. The molecule has 0 aromatic heterocycles. The van der Waals surface area contributed by atoms with Crippen LogP contribution < -0.4 is 0 Å². The van der Waals surface area contributed by atoms with Crippen LogP contribution in [0.4, 0.5) is 0 Å². The summed E-state index contributed by atoms with van der Waals surface area (Å²) < 4.78 is 25.0. The molecule has 1 saturated heterocycles. The summed E-state index contributed by atoms with van der Waals surface area (Å²) in [4.78, 5) is 12.5. The average Bonchev–Trinajstić information content (AvgIpc) is 3.15. The summed E-state index contributed by atoms with van der Waals surface area (Å²) in [6, 6.07) is 1.82. The molecule has 0 aromatic carbocycles. The Balaban J connectivity index is 2.41. The Labute approximate surface area is 186 Å². The summed E-state index contributed by atoms with van der Waals surface area (Å²) in [5, 5.41) is 19.0. The minimum atomic E-state index is -3.58.